The van der Waals surface area contributed by atoms with Gasteiger partial charge in [0.15, 0.2) is 5.82 Å². The molecular weight excluding hydrogens is 707 g/mol. The van der Waals surface area contributed by atoms with E-state index in [2.05, 4.69) is 146 Å². The molecule has 2 heterocycles. The maximum atomic E-state index is 9.51. The van der Waals surface area contributed by atoms with Crippen LogP contribution in [0.5, 0.6) is 11.5 Å². The summed E-state index contributed by atoms with van der Waals surface area (Å²) in [6, 6.07) is 71.9. The standard InChI is InChI=1S/C54H33N3O/c55-34-35-22-24-37(25-23-35)42-18-11-21-47-52(42)58-51-31-30-41(32-48(51)54(47)45-19-9-7-16-43(45)44-17-8-10-20-46(44)54)36-26-28-40(29-27-36)53-56-49(38-12-3-1-4-13-38)33-50(57-53)39-14-5-2-6-15-39/h1-33H. The lowest BCUT2D eigenvalue weighted by molar-refractivity contribution is 0.438. The van der Waals surface area contributed by atoms with E-state index in [0.29, 0.717) is 11.4 Å². The summed E-state index contributed by atoms with van der Waals surface area (Å²) in [4.78, 5) is 10.1. The van der Waals surface area contributed by atoms with E-state index in [9.17, 15) is 5.26 Å². The Labute approximate surface area is 337 Å². The summed E-state index contributed by atoms with van der Waals surface area (Å²) in [7, 11) is 0. The molecular formula is C54H33N3O. The number of aromatic nitrogens is 2. The van der Waals surface area contributed by atoms with Crippen molar-refractivity contribution in [1.29, 1.82) is 5.26 Å². The van der Waals surface area contributed by atoms with Crippen LogP contribution in [0.15, 0.2) is 200 Å². The Kier molecular flexibility index (Phi) is 7.74. The van der Waals surface area contributed by atoms with Crippen molar-refractivity contribution < 1.29 is 4.74 Å². The molecule has 0 saturated heterocycles. The Morgan fingerprint density at radius 2 is 0.914 bits per heavy atom. The van der Waals surface area contributed by atoms with Crippen LogP contribution in [0.1, 0.15) is 27.8 Å². The first-order chi connectivity index (χ1) is 28.7. The molecule has 1 spiro atoms. The van der Waals surface area contributed by atoms with E-state index in [1.54, 1.807) is 0 Å². The number of fused-ring (bicyclic) bond motifs is 9. The van der Waals surface area contributed by atoms with Crippen LogP contribution in [0.2, 0.25) is 0 Å². The first-order valence-electron chi connectivity index (χ1n) is 19.5. The van der Waals surface area contributed by atoms with Crippen LogP contribution in [0.3, 0.4) is 0 Å². The van der Waals surface area contributed by atoms with E-state index < -0.39 is 5.41 Å². The van der Waals surface area contributed by atoms with Gasteiger partial charge in [-0.05, 0) is 69.3 Å². The number of para-hydroxylation sites is 1. The van der Waals surface area contributed by atoms with E-state index >= 15 is 0 Å². The summed E-state index contributed by atoms with van der Waals surface area (Å²) >= 11 is 0. The second kappa shape index (κ2) is 13.4. The maximum Gasteiger partial charge on any atom is 0.160 e. The highest BCUT2D eigenvalue weighted by Gasteiger charge is 2.51. The molecule has 1 aliphatic heterocycles. The molecule has 4 heteroatoms. The molecule has 0 atom stereocenters. The zero-order valence-electron chi connectivity index (χ0n) is 31.3. The third-order valence-electron chi connectivity index (χ3n) is 11.6. The average Bonchev–Trinajstić information content (AvgIpc) is 3.60. The second-order valence-electron chi connectivity index (χ2n) is 14.8. The highest BCUT2D eigenvalue weighted by atomic mass is 16.5. The summed E-state index contributed by atoms with van der Waals surface area (Å²) in [5, 5.41) is 9.51. The first-order valence-corrected chi connectivity index (χ1v) is 19.5. The zero-order chi connectivity index (χ0) is 38.6. The molecule has 2 aliphatic rings. The van der Waals surface area contributed by atoms with Crippen molar-refractivity contribution in [2.45, 2.75) is 5.41 Å². The Hall–Kier alpha value is -7.87. The van der Waals surface area contributed by atoms with Gasteiger partial charge in [0.2, 0.25) is 0 Å². The SMILES string of the molecule is N#Cc1ccc(-c2cccc3c2Oc2ccc(-c4ccc(-c5nc(-c6ccccc6)cc(-c6ccccc6)n5)cc4)cc2C32c3ccccc3-c3ccccc32)cc1. The van der Waals surface area contributed by atoms with Gasteiger partial charge in [0.05, 0.1) is 28.4 Å². The molecule has 11 rings (SSSR count). The Morgan fingerprint density at radius 3 is 1.53 bits per heavy atom. The fourth-order valence-corrected chi connectivity index (χ4v) is 8.96. The maximum absolute atomic E-state index is 9.51. The van der Waals surface area contributed by atoms with Crippen LogP contribution in [0, 0.1) is 11.3 Å². The summed E-state index contributed by atoms with van der Waals surface area (Å²) in [5.74, 6) is 2.33. The van der Waals surface area contributed by atoms with Gasteiger partial charge in [0, 0.05) is 33.4 Å². The van der Waals surface area contributed by atoms with Crippen molar-refractivity contribution in [3.8, 4) is 84.9 Å². The zero-order valence-corrected chi connectivity index (χ0v) is 31.3. The van der Waals surface area contributed by atoms with Crippen molar-refractivity contribution in [2.24, 2.45) is 0 Å². The lowest BCUT2D eigenvalue weighted by Crippen LogP contribution is -2.32. The third kappa shape index (κ3) is 5.22. The summed E-state index contributed by atoms with van der Waals surface area (Å²) < 4.78 is 7.02. The molecule has 58 heavy (non-hydrogen) atoms. The predicted molar refractivity (Wildman–Crippen MR) is 231 cm³/mol. The lowest BCUT2D eigenvalue weighted by Gasteiger charge is -2.40. The topological polar surface area (TPSA) is 58.8 Å². The van der Waals surface area contributed by atoms with E-state index in [-0.39, 0.29) is 0 Å². The molecule has 0 unspecified atom stereocenters. The van der Waals surface area contributed by atoms with Crippen LogP contribution >= 0.6 is 0 Å². The van der Waals surface area contributed by atoms with Crippen LogP contribution < -0.4 is 4.74 Å². The van der Waals surface area contributed by atoms with E-state index in [1.165, 1.54) is 22.3 Å². The average molecular weight is 740 g/mol. The third-order valence-corrected chi connectivity index (χ3v) is 11.6. The van der Waals surface area contributed by atoms with Gasteiger partial charge in [-0.3, -0.25) is 0 Å². The fraction of sp³-hybridized carbons (Fsp3) is 0.0185. The molecule has 0 saturated carbocycles. The fourth-order valence-electron chi connectivity index (χ4n) is 8.96. The highest BCUT2D eigenvalue weighted by molar-refractivity contribution is 5.91. The molecule has 8 aromatic carbocycles. The monoisotopic (exact) mass is 739 g/mol. The number of nitriles is 1. The number of hydrogen-bond donors (Lipinski definition) is 0. The van der Waals surface area contributed by atoms with Gasteiger partial charge in [-0.1, -0.05) is 170 Å². The van der Waals surface area contributed by atoms with Gasteiger partial charge >= 0.3 is 0 Å². The van der Waals surface area contributed by atoms with Crippen LogP contribution in [0.25, 0.3) is 67.3 Å². The first kappa shape index (κ1) is 33.5. The van der Waals surface area contributed by atoms with Crippen molar-refractivity contribution in [1.82, 2.24) is 9.97 Å². The minimum atomic E-state index is -0.631. The van der Waals surface area contributed by atoms with E-state index in [4.69, 9.17) is 14.7 Å². The molecule has 0 radical (unpaired) electrons. The van der Waals surface area contributed by atoms with Crippen LogP contribution in [-0.4, -0.2) is 9.97 Å². The Bertz CT molecular complexity index is 2970. The molecule has 1 aromatic heterocycles. The smallest absolute Gasteiger partial charge is 0.160 e. The normalized spacial score (nSPS) is 12.7. The number of hydrogen-bond acceptors (Lipinski definition) is 4. The number of benzene rings is 8. The summed E-state index contributed by atoms with van der Waals surface area (Å²) in [6.45, 7) is 0. The molecule has 270 valence electrons. The largest absolute Gasteiger partial charge is 0.456 e. The van der Waals surface area contributed by atoms with Crippen LogP contribution in [0.4, 0.5) is 0 Å². The second-order valence-corrected chi connectivity index (χ2v) is 14.8. The molecule has 0 fully saturated rings. The van der Waals surface area contributed by atoms with Gasteiger partial charge in [-0.2, -0.15) is 5.26 Å². The van der Waals surface area contributed by atoms with E-state index in [1.807, 2.05) is 60.7 Å². The van der Waals surface area contributed by atoms with Crippen LogP contribution in [-0.2, 0) is 5.41 Å². The number of ether oxygens (including phenoxy) is 1. The van der Waals surface area contributed by atoms with Crippen molar-refractivity contribution in [2.75, 3.05) is 0 Å². The molecule has 4 nitrogen and oxygen atoms in total. The minimum absolute atomic E-state index is 0.626. The van der Waals surface area contributed by atoms with Crippen molar-refractivity contribution in [3.63, 3.8) is 0 Å². The van der Waals surface area contributed by atoms with Gasteiger partial charge in [-0.25, -0.2) is 9.97 Å². The van der Waals surface area contributed by atoms with Crippen molar-refractivity contribution in [3.05, 3.63) is 228 Å². The summed E-state index contributed by atoms with van der Waals surface area (Å²) in [6.07, 6.45) is 0. The molecule has 9 aromatic rings. The van der Waals surface area contributed by atoms with E-state index in [0.717, 1.165) is 73.0 Å². The van der Waals surface area contributed by atoms with Gasteiger partial charge in [0.25, 0.3) is 0 Å². The number of rotatable bonds is 5. The Balaban J connectivity index is 1.06. The number of nitrogens with zero attached hydrogens (tertiary/aromatic N) is 3. The molecule has 0 bridgehead atoms. The van der Waals surface area contributed by atoms with Gasteiger partial charge in [-0.15, -0.1) is 0 Å². The lowest BCUT2D eigenvalue weighted by atomic mass is 9.65. The van der Waals surface area contributed by atoms with Gasteiger partial charge < -0.3 is 4.74 Å². The molecule has 0 N–H and O–H groups in total. The quantitative estimate of drug-likeness (QED) is 0.176. The molecule has 0 amide bonds. The highest BCUT2D eigenvalue weighted by Crippen LogP contribution is 2.63. The van der Waals surface area contributed by atoms with Gasteiger partial charge in [0.1, 0.15) is 11.5 Å². The predicted octanol–water partition coefficient (Wildman–Crippen LogP) is 13.2. The minimum Gasteiger partial charge on any atom is -0.456 e. The van der Waals surface area contributed by atoms with Crippen molar-refractivity contribution >= 4 is 0 Å². The molecule has 1 aliphatic carbocycles. The Morgan fingerprint density at radius 1 is 0.397 bits per heavy atom. The summed E-state index contributed by atoms with van der Waals surface area (Å²) in [5.41, 5.74) is 16.1.